The van der Waals surface area contributed by atoms with Crippen LogP contribution in [0.2, 0.25) is 0 Å². The SMILES string of the molecule is Cc1ccc(CCN(C(=O)[C@@H](NC(=O)CN)c2ccccc2)c2ccc(C)c(C)c2)cc1. The molecule has 2 amide bonds. The molecule has 3 aromatic rings. The first-order valence-corrected chi connectivity index (χ1v) is 10.9. The van der Waals surface area contributed by atoms with Gasteiger partial charge in [0.15, 0.2) is 0 Å². The van der Waals surface area contributed by atoms with Gasteiger partial charge in [-0.3, -0.25) is 9.59 Å². The normalized spacial score (nSPS) is 11.6. The third-order valence-corrected chi connectivity index (χ3v) is 5.68. The van der Waals surface area contributed by atoms with E-state index in [0.717, 1.165) is 27.9 Å². The van der Waals surface area contributed by atoms with Gasteiger partial charge in [0.25, 0.3) is 5.91 Å². The smallest absolute Gasteiger partial charge is 0.254 e. The highest BCUT2D eigenvalue weighted by Crippen LogP contribution is 2.24. The number of anilines is 1. The number of carbonyl (C=O) groups excluding carboxylic acids is 2. The molecule has 0 aliphatic rings. The first-order valence-electron chi connectivity index (χ1n) is 10.9. The van der Waals surface area contributed by atoms with Crippen molar-refractivity contribution in [2.45, 2.75) is 33.2 Å². The molecule has 0 aliphatic carbocycles. The van der Waals surface area contributed by atoms with Crippen LogP contribution in [-0.4, -0.2) is 24.9 Å². The third-order valence-electron chi connectivity index (χ3n) is 5.68. The minimum absolute atomic E-state index is 0.177. The summed E-state index contributed by atoms with van der Waals surface area (Å²) in [5, 5.41) is 2.81. The molecule has 0 saturated carbocycles. The molecule has 0 aliphatic heterocycles. The molecule has 0 radical (unpaired) electrons. The molecule has 0 fully saturated rings. The van der Waals surface area contributed by atoms with E-state index in [0.29, 0.717) is 13.0 Å². The van der Waals surface area contributed by atoms with Crippen LogP contribution in [-0.2, 0) is 16.0 Å². The van der Waals surface area contributed by atoms with Crippen molar-refractivity contribution in [3.8, 4) is 0 Å². The van der Waals surface area contributed by atoms with Crippen molar-refractivity contribution >= 4 is 17.5 Å². The van der Waals surface area contributed by atoms with Crippen molar-refractivity contribution in [3.63, 3.8) is 0 Å². The molecule has 0 bridgehead atoms. The summed E-state index contributed by atoms with van der Waals surface area (Å²) in [5.41, 5.74) is 11.7. The molecule has 0 saturated heterocycles. The Kier molecular flexibility index (Phi) is 7.79. The summed E-state index contributed by atoms with van der Waals surface area (Å²) in [5.74, 6) is -0.556. The number of hydrogen-bond donors (Lipinski definition) is 2. The van der Waals surface area contributed by atoms with Crippen molar-refractivity contribution in [3.05, 3.63) is 101 Å². The summed E-state index contributed by atoms with van der Waals surface area (Å²) < 4.78 is 0. The molecule has 3 aromatic carbocycles. The van der Waals surface area contributed by atoms with Crippen molar-refractivity contribution < 1.29 is 9.59 Å². The molecule has 0 heterocycles. The van der Waals surface area contributed by atoms with E-state index in [2.05, 4.69) is 36.5 Å². The lowest BCUT2D eigenvalue weighted by molar-refractivity contribution is -0.127. The average Bonchev–Trinajstić information content (AvgIpc) is 2.81. The lowest BCUT2D eigenvalue weighted by atomic mass is 10.0. The minimum atomic E-state index is -0.813. The van der Waals surface area contributed by atoms with Gasteiger partial charge in [-0.2, -0.15) is 0 Å². The van der Waals surface area contributed by atoms with Gasteiger partial charge in [-0.25, -0.2) is 0 Å². The first kappa shape index (κ1) is 23.2. The van der Waals surface area contributed by atoms with E-state index in [-0.39, 0.29) is 18.4 Å². The highest BCUT2D eigenvalue weighted by molar-refractivity contribution is 6.00. The highest BCUT2D eigenvalue weighted by Gasteiger charge is 2.28. The van der Waals surface area contributed by atoms with E-state index >= 15 is 0 Å². The summed E-state index contributed by atoms with van der Waals surface area (Å²) >= 11 is 0. The Morgan fingerprint density at radius 1 is 0.906 bits per heavy atom. The van der Waals surface area contributed by atoms with Crippen molar-refractivity contribution in [1.29, 1.82) is 0 Å². The molecule has 3 N–H and O–H groups in total. The van der Waals surface area contributed by atoms with Crippen molar-refractivity contribution in [2.75, 3.05) is 18.0 Å². The molecule has 5 nitrogen and oxygen atoms in total. The lowest BCUT2D eigenvalue weighted by Gasteiger charge is -2.29. The van der Waals surface area contributed by atoms with E-state index in [1.54, 1.807) is 4.90 Å². The maximum absolute atomic E-state index is 13.8. The second-order valence-electron chi connectivity index (χ2n) is 8.11. The number of aryl methyl sites for hydroxylation is 3. The van der Waals surface area contributed by atoms with E-state index in [1.165, 1.54) is 5.56 Å². The summed E-state index contributed by atoms with van der Waals surface area (Å²) in [6.07, 6.45) is 0.700. The second-order valence-corrected chi connectivity index (χ2v) is 8.11. The van der Waals surface area contributed by atoms with Crippen LogP contribution < -0.4 is 16.0 Å². The predicted octanol–water partition coefficient (Wildman–Crippen LogP) is 4.00. The van der Waals surface area contributed by atoms with Gasteiger partial charge in [0, 0.05) is 12.2 Å². The van der Waals surface area contributed by atoms with Gasteiger partial charge < -0.3 is 16.0 Å². The largest absolute Gasteiger partial charge is 0.339 e. The zero-order valence-electron chi connectivity index (χ0n) is 19.0. The Bertz CT molecular complexity index is 1060. The van der Waals surface area contributed by atoms with E-state index < -0.39 is 6.04 Å². The molecule has 0 unspecified atom stereocenters. The Morgan fingerprint density at radius 3 is 2.22 bits per heavy atom. The molecule has 0 spiro atoms. The van der Waals surface area contributed by atoms with Gasteiger partial charge >= 0.3 is 0 Å². The van der Waals surface area contributed by atoms with E-state index in [9.17, 15) is 9.59 Å². The van der Waals surface area contributed by atoms with Crippen LogP contribution in [0.25, 0.3) is 0 Å². The summed E-state index contributed by atoms with van der Waals surface area (Å²) in [4.78, 5) is 27.8. The monoisotopic (exact) mass is 429 g/mol. The molecule has 166 valence electrons. The van der Waals surface area contributed by atoms with Crippen molar-refractivity contribution in [1.82, 2.24) is 5.32 Å². The Morgan fingerprint density at radius 2 is 1.59 bits per heavy atom. The number of amides is 2. The zero-order valence-corrected chi connectivity index (χ0v) is 19.0. The number of rotatable bonds is 8. The van der Waals surface area contributed by atoms with Crippen LogP contribution in [0, 0.1) is 20.8 Å². The summed E-state index contributed by atoms with van der Waals surface area (Å²) in [6, 6.07) is 22.8. The van der Waals surface area contributed by atoms with Crippen molar-refractivity contribution in [2.24, 2.45) is 5.73 Å². The Hall–Kier alpha value is -3.44. The molecule has 32 heavy (non-hydrogen) atoms. The van der Waals surface area contributed by atoms with E-state index in [4.69, 9.17) is 5.73 Å². The Balaban J connectivity index is 1.96. The number of benzene rings is 3. The quantitative estimate of drug-likeness (QED) is 0.568. The van der Waals surface area contributed by atoms with Gasteiger partial charge in [-0.05, 0) is 61.6 Å². The fourth-order valence-electron chi connectivity index (χ4n) is 3.56. The molecule has 3 rings (SSSR count). The van der Waals surface area contributed by atoms with Crippen LogP contribution in [0.3, 0.4) is 0 Å². The van der Waals surface area contributed by atoms with Gasteiger partial charge in [0.1, 0.15) is 6.04 Å². The molecular formula is C27H31N3O2. The number of nitrogens with zero attached hydrogens (tertiary/aromatic N) is 1. The Labute approximate surface area is 190 Å². The van der Waals surface area contributed by atoms with Gasteiger partial charge in [0.2, 0.25) is 5.91 Å². The maximum Gasteiger partial charge on any atom is 0.254 e. The second kappa shape index (κ2) is 10.7. The van der Waals surface area contributed by atoms with Crippen LogP contribution in [0.5, 0.6) is 0 Å². The topological polar surface area (TPSA) is 75.4 Å². The fourth-order valence-corrected chi connectivity index (χ4v) is 3.56. The van der Waals surface area contributed by atoms with Gasteiger partial charge in [-0.1, -0.05) is 66.2 Å². The maximum atomic E-state index is 13.8. The number of hydrogen-bond acceptors (Lipinski definition) is 3. The third kappa shape index (κ3) is 5.83. The summed E-state index contributed by atoms with van der Waals surface area (Å²) in [7, 11) is 0. The number of nitrogens with one attached hydrogen (secondary N) is 1. The number of nitrogens with two attached hydrogens (primary N) is 1. The molecule has 5 heteroatoms. The van der Waals surface area contributed by atoms with Crippen LogP contribution in [0.1, 0.15) is 33.9 Å². The standard InChI is InChI=1S/C27H31N3O2/c1-19-9-12-22(13-10-19)15-16-30(24-14-11-20(2)21(3)17-24)27(32)26(29-25(31)18-28)23-7-5-4-6-8-23/h4-14,17,26H,15-16,18,28H2,1-3H3,(H,29,31)/t26-/m0/s1. The van der Waals surface area contributed by atoms with E-state index in [1.807, 2.05) is 62.4 Å². The van der Waals surface area contributed by atoms with Crippen LogP contribution in [0.15, 0.2) is 72.8 Å². The lowest BCUT2D eigenvalue weighted by Crippen LogP contribution is -2.45. The van der Waals surface area contributed by atoms with Crippen LogP contribution in [0.4, 0.5) is 5.69 Å². The average molecular weight is 430 g/mol. The number of carbonyl (C=O) groups is 2. The molecular weight excluding hydrogens is 398 g/mol. The first-order chi connectivity index (χ1) is 15.4. The molecule has 1 atom stereocenters. The zero-order chi connectivity index (χ0) is 23.1. The predicted molar refractivity (Wildman–Crippen MR) is 130 cm³/mol. The fraction of sp³-hybridized carbons (Fsp3) is 0.259. The van der Waals surface area contributed by atoms with Crippen LogP contribution >= 0.6 is 0 Å². The molecule has 0 aromatic heterocycles. The van der Waals surface area contributed by atoms with Gasteiger partial charge in [-0.15, -0.1) is 0 Å². The van der Waals surface area contributed by atoms with Gasteiger partial charge in [0.05, 0.1) is 6.54 Å². The highest BCUT2D eigenvalue weighted by atomic mass is 16.2. The minimum Gasteiger partial charge on any atom is -0.339 e. The summed E-state index contributed by atoms with van der Waals surface area (Å²) in [6.45, 7) is 6.45.